The summed E-state index contributed by atoms with van der Waals surface area (Å²) in [4.78, 5) is 0. The smallest absolute Gasteiger partial charge is 0 e. The van der Waals surface area contributed by atoms with Crippen molar-refractivity contribution in [2.75, 3.05) is 0 Å². The largest absolute Gasteiger partial charge is 0 e. The molecular weight excluding hydrogens is 413 g/mol. The van der Waals surface area contributed by atoms with Gasteiger partial charge in [0.1, 0.15) is 0 Å². The zero-order chi connectivity index (χ0) is 0. The molecule has 0 amide bonds. The van der Waals surface area contributed by atoms with E-state index in [2.05, 4.69) is 0 Å². The van der Waals surface area contributed by atoms with Crippen molar-refractivity contribution in [1.82, 2.24) is 0 Å². The minimum absolute atomic E-state index is 0. The van der Waals surface area contributed by atoms with Crippen molar-refractivity contribution in [3.63, 3.8) is 0 Å². The van der Waals surface area contributed by atoms with Gasteiger partial charge in [-0.05, 0) is 0 Å². The predicted octanol–water partition coefficient (Wildman–Crippen LogP) is -2.37. The van der Waals surface area contributed by atoms with Crippen molar-refractivity contribution < 1.29 is 78.6 Å². The van der Waals surface area contributed by atoms with Gasteiger partial charge in [0, 0.05) is 78.6 Å². The van der Waals surface area contributed by atoms with Gasteiger partial charge in [-0.2, -0.15) is 0 Å². The summed E-state index contributed by atoms with van der Waals surface area (Å²) in [5, 5.41) is 0. The van der Waals surface area contributed by atoms with Crippen LogP contribution >= 0.6 is 0 Å². The molecule has 0 unspecified atom stereocenters. The maximum absolute atomic E-state index is 0. The fourth-order valence-electron chi connectivity index (χ4n) is 0. The van der Waals surface area contributed by atoms with Crippen LogP contribution in [-0.4, -0.2) is 37.2 Å². The fourth-order valence-corrected chi connectivity index (χ4v) is 0. The van der Waals surface area contributed by atoms with E-state index < -0.39 is 0 Å². The van der Waals surface area contributed by atoms with Crippen LogP contribution in [0.2, 0.25) is 0 Å². The zero-order valence-corrected chi connectivity index (χ0v) is 5.09. The average Bonchev–Trinajstić information content (AvgIpc) is 0. The second-order valence-corrected chi connectivity index (χ2v) is 0. The van der Waals surface area contributed by atoms with Gasteiger partial charge in [0.05, 0.1) is 0 Å². The molecule has 0 saturated heterocycles. The van der Waals surface area contributed by atoms with E-state index in [1.807, 2.05) is 0 Å². The Bertz CT molecular complexity index is 8.00. The molecule has 0 N–H and O–H groups in total. The molecular formula is H6AlGaGdTb. The molecule has 0 fully saturated rings. The van der Waals surface area contributed by atoms with E-state index >= 15 is 0 Å². The molecule has 0 heterocycles. The summed E-state index contributed by atoms with van der Waals surface area (Å²) in [5.41, 5.74) is 0. The second kappa shape index (κ2) is 15.9. The molecule has 0 aliphatic carbocycles. The first-order valence-corrected chi connectivity index (χ1v) is 0. The Hall–Kier alpha value is 3.78. The van der Waals surface area contributed by atoms with Gasteiger partial charge in [-0.1, -0.05) is 0 Å². The molecule has 0 atom stereocenters. The van der Waals surface area contributed by atoms with E-state index in [4.69, 9.17) is 0 Å². The minimum atomic E-state index is 0. The predicted molar refractivity (Wildman–Crippen MR) is 19.9 cm³/mol. The van der Waals surface area contributed by atoms with Gasteiger partial charge in [0.25, 0.3) is 0 Å². The van der Waals surface area contributed by atoms with Gasteiger partial charge >= 0.3 is 19.8 Å². The van der Waals surface area contributed by atoms with Gasteiger partial charge in [0.15, 0.2) is 17.4 Å². The van der Waals surface area contributed by atoms with Gasteiger partial charge in [-0.3, -0.25) is 0 Å². The minimum Gasteiger partial charge on any atom is 0 e. The van der Waals surface area contributed by atoms with Crippen LogP contribution in [0.5, 0.6) is 0 Å². The molecule has 0 aromatic carbocycles. The third kappa shape index (κ3) is 9.24. The zero-order valence-electron chi connectivity index (χ0n) is 0.687. The number of hydrogen-bond acceptors (Lipinski definition) is 0. The van der Waals surface area contributed by atoms with Gasteiger partial charge in [-0.25, -0.2) is 0 Å². The van der Waals surface area contributed by atoms with E-state index in [1.54, 1.807) is 0 Å². The second-order valence-electron chi connectivity index (χ2n) is 0. The molecule has 0 aliphatic heterocycles. The quantitative estimate of drug-likeness (QED) is 0.386. The van der Waals surface area contributed by atoms with Crippen molar-refractivity contribution in [2.24, 2.45) is 0 Å². The Morgan fingerprint density at radius 2 is 1.00 bits per heavy atom. The van der Waals surface area contributed by atoms with Crippen LogP contribution in [0.15, 0.2) is 0 Å². The van der Waals surface area contributed by atoms with Crippen LogP contribution in [0.4, 0.5) is 0 Å². The molecule has 0 saturated carbocycles. The SMILES string of the molecule is [AlH3].[GaH3].[Gd].[Tb]. The molecule has 0 aliphatic rings. The van der Waals surface area contributed by atoms with Crippen LogP contribution in [0.25, 0.3) is 0 Å². The maximum Gasteiger partial charge on any atom is 0 e. The molecule has 0 rings (SSSR count). The summed E-state index contributed by atoms with van der Waals surface area (Å²) >= 11 is 0. The summed E-state index contributed by atoms with van der Waals surface area (Å²) in [7, 11) is 0. The summed E-state index contributed by atoms with van der Waals surface area (Å²) < 4.78 is 0. The summed E-state index contributed by atoms with van der Waals surface area (Å²) in [6, 6.07) is 0. The monoisotopic (exact) mass is 419 g/mol. The number of rotatable bonds is 0. The van der Waals surface area contributed by atoms with Crippen molar-refractivity contribution in [1.29, 1.82) is 0 Å². The first-order valence-electron chi connectivity index (χ1n) is 0. The molecule has 0 bridgehead atoms. The van der Waals surface area contributed by atoms with Crippen LogP contribution in [-0.2, 0) is 0 Å². The molecule has 1 radical (unpaired) electrons. The first kappa shape index (κ1) is 25.0. The van der Waals surface area contributed by atoms with Crippen LogP contribution in [0.3, 0.4) is 0 Å². The summed E-state index contributed by atoms with van der Waals surface area (Å²) in [6.45, 7) is 0. The third-order valence-electron chi connectivity index (χ3n) is 0. The van der Waals surface area contributed by atoms with Crippen molar-refractivity contribution in [3.05, 3.63) is 0 Å². The van der Waals surface area contributed by atoms with Gasteiger partial charge < -0.3 is 0 Å². The van der Waals surface area contributed by atoms with Gasteiger partial charge in [-0.15, -0.1) is 0 Å². The Balaban J connectivity index is 0. The van der Waals surface area contributed by atoms with Crippen molar-refractivity contribution in [3.8, 4) is 0 Å². The summed E-state index contributed by atoms with van der Waals surface area (Å²) in [6.07, 6.45) is 0. The molecule has 4 heteroatoms. The average molecular weight is 419 g/mol. The molecule has 0 aromatic rings. The van der Waals surface area contributed by atoms with Crippen LogP contribution in [0.1, 0.15) is 0 Å². The third-order valence-corrected chi connectivity index (χ3v) is 0. The topological polar surface area (TPSA) is 0 Å². The van der Waals surface area contributed by atoms with E-state index in [-0.39, 0.29) is 116 Å². The summed E-state index contributed by atoms with van der Waals surface area (Å²) in [5.74, 6) is 0. The molecule has 0 aromatic heterocycles. The van der Waals surface area contributed by atoms with E-state index in [9.17, 15) is 0 Å². The fraction of sp³-hybridized carbons (Fsp3) is 0. The van der Waals surface area contributed by atoms with Gasteiger partial charge in [0.2, 0.25) is 0 Å². The first-order chi connectivity index (χ1) is 0. The molecule has 29 valence electrons. The van der Waals surface area contributed by atoms with E-state index in [0.717, 1.165) is 0 Å². The van der Waals surface area contributed by atoms with Crippen molar-refractivity contribution in [2.45, 2.75) is 0 Å². The van der Waals surface area contributed by atoms with Crippen LogP contribution < -0.4 is 0 Å². The Morgan fingerprint density at radius 3 is 1.00 bits per heavy atom. The van der Waals surface area contributed by atoms with Crippen molar-refractivity contribution >= 4 is 37.2 Å². The molecule has 4 heavy (non-hydrogen) atoms. The Morgan fingerprint density at radius 1 is 1.00 bits per heavy atom. The van der Waals surface area contributed by atoms with E-state index in [0.29, 0.717) is 0 Å². The Kier molecular flexibility index (Phi) is 99.2. The van der Waals surface area contributed by atoms with E-state index in [1.165, 1.54) is 0 Å². The Labute approximate surface area is 113 Å². The molecule has 0 spiro atoms. The standard InChI is InChI=1S/Al.Ga.Gd.Tb.6H. The maximum atomic E-state index is 0. The van der Waals surface area contributed by atoms with Crippen LogP contribution in [0, 0.1) is 78.6 Å². The normalized spacial score (nSPS) is 0. The number of hydrogen-bond donors (Lipinski definition) is 0. The molecule has 0 nitrogen and oxygen atoms in total.